The van der Waals surface area contributed by atoms with Crippen molar-refractivity contribution in [3.63, 3.8) is 0 Å². The summed E-state index contributed by atoms with van der Waals surface area (Å²) in [5.74, 6) is 0. The molecule has 3 aromatic rings. The van der Waals surface area contributed by atoms with Crippen LogP contribution in [0.5, 0.6) is 0 Å². The smallest absolute Gasteiger partial charge is 0.328 e. The average Bonchev–Trinajstić information content (AvgIpc) is 3.43. The fraction of sp³-hybridized carbons (Fsp3) is 0.333. The molecule has 40 heavy (non-hydrogen) atoms. The van der Waals surface area contributed by atoms with Crippen LogP contribution in [0, 0.1) is 41.5 Å². The first kappa shape index (κ1) is 27.7. The zero-order valence-electron chi connectivity index (χ0n) is 24.5. The lowest BCUT2D eigenvalue weighted by atomic mass is 10.0. The third kappa shape index (κ3) is 4.93. The first-order valence-electron chi connectivity index (χ1n) is 13.6. The number of hydrogen-bond donors (Lipinski definition) is 0. The van der Waals surface area contributed by atoms with Gasteiger partial charge >= 0.3 is 6.18 Å². The second-order valence-corrected chi connectivity index (χ2v) is 11.3. The lowest BCUT2D eigenvalue weighted by Gasteiger charge is -2.29. The van der Waals surface area contributed by atoms with E-state index in [1.165, 1.54) is 23.3 Å². The number of allylic oxidation sites excluding steroid dienone is 2. The maximum absolute atomic E-state index is 14.2. The summed E-state index contributed by atoms with van der Waals surface area (Å²) >= 11 is 0. The highest BCUT2D eigenvalue weighted by Crippen LogP contribution is 2.41. The van der Waals surface area contributed by atoms with Crippen molar-refractivity contribution in [1.29, 1.82) is 0 Å². The van der Waals surface area contributed by atoms with Crippen LogP contribution in [0.15, 0.2) is 66.3 Å². The minimum absolute atomic E-state index is 0.438. The molecule has 210 valence electrons. The molecule has 2 aliphatic heterocycles. The minimum Gasteiger partial charge on any atom is -0.328 e. The van der Waals surface area contributed by atoms with Gasteiger partial charge in [0, 0.05) is 46.5 Å². The summed E-state index contributed by atoms with van der Waals surface area (Å²) in [6.07, 6.45) is -0.657. The van der Waals surface area contributed by atoms with E-state index in [2.05, 4.69) is 75.6 Å². The van der Waals surface area contributed by atoms with Crippen molar-refractivity contribution in [2.24, 2.45) is 0 Å². The molecule has 2 aliphatic rings. The molecular formula is C33H37F3N4. The molecule has 0 saturated heterocycles. The molecule has 3 aromatic carbocycles. The van der Waals surface area contributed by atoms with Crippen LogP contribution in [0.3, 0.4) is 0 Å². The van der Waals surface area contributed by atoms with Gasteiger partial charge in [-0.25, -0.2) is 0 Å². The Kier molecular flexibility index (Phi) is 6.89. The van der Waals surface area contributed by atoms with Crippen LogP contribution < -0.4 is 19.6 Å². The molecule has 0 fully saturated rings. The first-order chi connectivity index (χ1) is 18.7. The number of aryl methyl sites for hydroxylation is 6. The van der Waals surface area contributed by atoms with Crippen molar-refractivity contribution in [2.45, 2.75) is 61.6 Å². The molecule has 4 nitrogen and oxygen atoms in total. The van der Waals surface area contributed by atoms with Crippen LogP contribution >= 0.6 is 0 Å². The molecule has 0 unspecified atom stereocenters. The Morgan fingerprint density at radius 2 is 1.00 bits per heavy atom. The third-order valence-corrected chi connectivity index (χ3v) is 8.05. The van der Waals surface area contributed by atoms with Crippen LogP contribution in [0.25, 0.3) is 0 Å². The Balaban J connectivity index is 1.51. The number of rotatable bonds is 4. The first-order valence-corrected chi connectivity index (χ1v) is 13.6. The molecule has 0 saturated carbocycles. The molecule has 2 heterocycles. The molecule has 0 atom stereocenters. The van der Waals surface area contributed by atoms with E-state index in [1.807, 2.05) is 42.1 Å². The molecule has 0 aliphatic carbocycles. The Morgan fingerprint density at radius 1 is 0.525 bits per heavy atom. The van der Waals surface area contributed by atoms with Crippen molar-refractivity contribution < 1.29 is 13.2 Å². The SMILES string of the molecule is CC1=C(C)N(c2c(C)cc(C)cc2C)CN1c1cc(N2C=CN(c3c(C)cc(C)cc3C)C2)cc(C(F)(F)F)c1. The van der Waals surface area contributed by atoms with E-state index in [0.717, 1.165) is 45.0 Å². The van der Waals surface area contributed by atoms with E-state index >= 15 is 0 Å². The van der Waals surface area contributed by atoms with Crippen LogP contribution in [-0.4, -0.2) is 13.3 Å². The Morgan fingerprint density at radius 3 is 1.55 bits per heavy atom. The second-order valence-electron chi connectivity index (χ2n) is 11.3. The molecule has 5 rings (SSSR count). The lowest BCUT2D eigenvalue weighted by molar-refractivity contribution is -0.137. The van der Waals surface area contributed by atoms with Crippen LogP contribution in [0.1, 0.15) is 52.8 Å². The van der Waals surface area contributed by atoms with Gasteiger partial charge in [0.25, 0.3) is 0 Å². The van der Waals surface area contributed by atoms with Gasteiger partial charge in [0.05, 0.1) is 18.9 Å². The summed E-state index contributed by atoms with van der Waals surface area (Å²) in [5.41, 5.74) is 11.5. The van der Waals surface area contributed by atoms with Gasteiger partial charge in [0.15, 0.2) is 0 Å². The van der Waals surface area contributed by atoms with Crippen LogP contribution in [0.2, 0.25) is 0 Å². The second kappa shape index (κ2) is 9.95. The summed E-state index contributed by atoms with van der Waals surface area (Å²) in [4.78, 5) is 8.17. The van der Waals surface area contributed by atoms with Crippen molar-refractivity contribution >= 4 is 22.7 Å². The molecule has 0 bridgehead atoms. The quantitative estimate of drug-likeness (QED) is 0.324. The zero-order valence-corrected chi connectivity index (χ0v) is 24.5. The van der Waals surface area contributed by atoms with E-state index in [4.69, 9.17) is 0 Å². The number of alkyl halides is 3. The maximum atomic E-state index is 14.2. The molecule has 0 radical (unpaired) electrons. The summed E-state index contributed by atoms with van der Waals surface area (Å²) < 4.78 is 42.5. The van der Waals surface area contributed by atoms with Crippen molar-refractivity contribution in [3.05, 3.63) is 105 Å². The zero-order chi connectivity index (χ0) is 29.1. The molecular weight excluding hydrogens is 509 g/mol. The summed E-state index contributed by atoms with van der Waals surface area (Å²) in [6.45, 7) is 17.4. The molecule has 0 N–H and O–H groups in total. The van der Waals surface area contributed by atoms with Crippen LogP contribution in [-0.2, 0) is 6.18 Å². The number of benzene rings is 3. The normalized spacial score (nSPS) is 15.8. The summed E-state index contributed by atoms with van der Waals surface area (Å²) in [7, 11) is 0. The van der Waals surface area contributed by atoms with E-state index in [9.17, 15) is 13.2 Å². The predicted molar refractivity (Wildman–Crippen MR) is 160 cm³/mol. The Bertz CT molecular complexity index is 1500. The van der Waals surface area contributed by atoms with Crippen molar-refractivity contribution in [2.75, 3.05) is 32.9 Å². The highest BCUT2D eigenvalue weighted by Gasteiger charge is 2.34. The fourth-order valence-electron chi connectivity index (χ4n) is 6.29. The van der Waals surface area contributed by atoms with E-state index in [0.29, 0.717) is 24.7 Å². The van der Waals surface area contributed by atoms with Gasteiger partial charge in [-0.3, -0.25) is 0 Å². The maximum Gasteiger partial charge on any atom is 0.416 e. The van der Waals surface area contributed by atoms with Gasteiger partial charge in [-0.1, -0.05) is 35.4 Å². The van der Waals surface area contributed by atoms with Gasteiger partial charge < -0.3 is 19.6 Å². The van der Waals surface area contributed by atoms with E-state index in [1.54, 1.807) is 0 Å². The Labute approximate surface area is 235 Å². The lowest BCUT2D eigenvalue weighted by Crippen LogP contribution is -2.29. The predicted octanol–water partition coefficient (Wildman–Crippen LogP) is 8.85. The topological polar surface area (TPSA) is 13.0 Å². The molecule has 7 heteroatoms. The van der Waals surface area contributed by atoms with Gasteiger partial charge in [0.1, 0.15) is 0 Å². The largest absolute Gasteiger partial charge is 0.416 e. The molecule has 0 aromatic heterocycles. The number of hydrogen-bond acceptors (Lipinski definition) is 4. The van der Waals surface area contributed by atoms with Gasteiger partial charge in [-0.15, -0.1) is 0 Å². The van der Waals surface area contributed by atoms with Crippen LogP contribution in [0.4, 0.5) is 35.9 Å². The number of nitrogens with zero attached hydrogens (tertiary/aromatic N) is 4. The fourth-order valence-corrected chi connectivity index (χ4v) is 6.29. The Hall–Kier alpha value is -3.87. The van der Waals surface area contributed by atoms with Gasteiger partial charge in [-0.2, -0.15) is 13.2 Å². The highest BCUT2D eigenvalue weighted by molar-refractivity contribution is 5.73. The third-order valence-electron chi connectivity index (χ3n) is 8.05. The summed E-state index contributed by atoms with van der Waals surface area (Å²) in [5, 5.41) is 0. The number of halogens is 3. The van der Waals surface area contributed by atoms with Crippen molar-refractivity contribution in [3.8, 4) is 0 Å². The standard InChI is InChI=1S/C33H37F3N4/c1-20-11-22(3)31(23(4)12-20)38-10-9-37(18-38)29-15-28(33(34,35)36)16-30(17-29)39-19-40(27(8)26(39)7)32-24(5)13-21(2)14-25(32)6/h9-17H,18-19H2,1-8H3. The highest BCUT2D eigenvalue weighted by atomic mass is 19.4. The molecule has 0 amide bonds. The van der Waals surface area contributed by atoms with Crippen molar-refractivity contribution in [1.82, 2.24) is 0 Å². The summed E-state index contributed by atoms with van der Waals surface area (Å²) in [6, 6.07) is 13.0. The van der Waals surface area contributed by atoms with E-state index in [-0.39, 0.29) is 0 Å². The average molecular weight is 547 g/mol. The minimum atomic E-state index is -4.46. The van der Waals surface area contributed by atoms with Gasteiger partial charge in [-0.05, 0) is 95.8 Å². The van der Waals surface area contributed by atoms with E-state index < -0.39 is 11.7 Å². The monoisotopic (exact) mass is 546 g/mol. The number of anilines is 4. The van der Waals surface area contributed by atoms with Gasteiger partial charge in [0.2, 0.25) is 0 Å². The molecule has 0 spiro atoms.